The maximum Gasteiger partial charge on any atom is 0.0107 e. The van der Waals surface area contributed by atoms with Gasteiger partial charge in [0.25, 0.3) is 0 Å². The van der Waals surface area contributed by atoms with E-state index in [0.717, 1.165) is 0 Å². The summed E-state index contributed by atoms with van der Waals surface area (Å²) in [5.74, 6) is 0. The quantitative estimate of drug-likeness (QED) is 0.474. The number of hydrogen-bond donors (Lipinski definition) is 0. The van der Waals surface area contributed by atoms with Gasteiger partial charge in [-0.15, -0.1) is 0 Å². The lowest BCUT2D eigenvalue weighted by molar-refractivity contribution is 0.600. The highest BCUT2D eigenvalue weighted by atomic mass is 31.1. The van der Waals surface area contributed by atoms with Crippen molar-refractivity contribution in [2.45, 2.75) is 19.9 Å². The van der Waals surface area contributed by atoms with Gasteiger partial charge in [-0.2, -0.15) is 0 Å². The van der Waals surface area contributed by atoms with E-state index >= 15 is 0 Å². The molecule has 2 unspecified atom stereocenters. The van der Waals surface area contributed by atoms with Crippen LogP contribution in [-0.4, -0.2) is 10.5 Å². The predicted octanol–water partition coefficient (Wildman–Crippen LogP) is 1.28. The van der Waals surface area contributed by atoms with Gasteiger partial charge in [-0.3, -0.25) is 4.44 Å². The third kappa shape index (κ3) is 3.03. The summed E-state index contributed by atoms with van der Waals surface area (Å²) < 4.78 is 2.00. The van der Waals surface area contributed by atoms with Crippen LogP contribution in [-0.2, 0) is 0 Å². The minimum atomic E-state index is 0.611. The van der Waals surface area contributed by atoms with E-state index in [0.29, 0.717) is 6.04 Å². The fraction of sp³-hybridized carbons (Fsp3) is 1.00. The van der Waals surface area contributed by atoms with Gasteiger partial charge in [-0.05, 0) is 13.8 Å². The van der Waals surface area contributed by atoms with E-state index in [1.165, 1.54) is 0 Å². The lowest BCUT2D eigenvalue weighted by Gasteiger charge is -2.11. The Kier molecular flexibility index (Phi) is 3.30. The molecule has 0 aromatic carbocycles. The highest BCUT2D eigenvalue weighted by Gasteiger charge is 1.90. The summed E-state index contributed by atoms with van der Waals surface area (Å²) in [4.78, 5) is 0. The van der Waals surface area contributed by atoms with E-state index in [9.17, 15) is 0 Å². The van der Waals surface area contributed by atoms with Crippen LogP contribution in [0.15, 0.2) is 0 Å². The number of rotatable bonds is 1. The highest BCUT2D eigenvalue weighted by Crippen LogP contribution is 2.10. The Bertz CT molecular complexity index is 29.8. The van der Waals surface area contributed by atoms with Crippen molar-refractivity contribution in [3.63, 3.8) is 0 Å². The first-order valence-electron chi connectivity index (χ1n) is 1.93. The largest absolute Gasteiger partial charge is 0.269 e. The van der Waals surface area contributed by atoms with Crippen molar-refractivity contribution in [1.29, 1.82) is 0 Å². The monoisotopic (exact) mass is 123 g/mol. The zero-order valence-corrected chi connectivity index (χ0v) is 6.49. The van der Waals surface area contributed by atoms with Gasteiger partial charge in [0, 0.05) is 6.04 Å². The third-order valence-corrected chi connectivity index (χ3v) is 1.79. The second-order valence-electron chi connectivity index (χ2n) is 1.54. The van der Waals surface area contributed by atoms with E-state index < -0.39 is 0 Å². The molecule has 0 aliphatic rings. The molecular weight excluding hydrogens is 112 g/mol. The molecule has 0 N–H and O–H groups in total. The van der Waals surface area contributed by atoms with Crippen LogP contribution in [0.1, 0.15) is 13.8 Å². The van der Waals surface area contributed by atoms with Gasteiger partial charge in [0.15, 0.2) is 0 Å². The molecule has 0 bridgehead atoms. The maximum absolute atomic E-state index is 2.57. The first kappa shape index (κ1) is 6.82. The molecular formula is C3H11NP2. The van der Waals surface area contributed by atoms with Crippen LogP contribution < -0.4 is 0 Å². The summed E-state index contributed by atoms with van der Waals surface area (Å²) >= 11 is 0. The molecule has 0 saturated carbocycles. The Morgan fingerprint density at radius 1 is 1.33 bits per heavy atom. The molecule has 0 spiro atoms. The molecule has 0 amide bonds. The minimum Gasteiger partial charge on any atom is -0.269 e. The van der Waals surface area contributed by atoms with Crippen molar-refractivity contribution in [2.24, 2.45) is 0 Å². The van der Waals surface area contributed by atoms with Gasteiger partial charge < -0.3 is 0 Å². The smallest absolute Gasteiger partial charge is 0.0107 e. The minimum absolute atomic E-state index is 0.611. The summed E-state index contributed by atoms with van der Waals surface area (Å²) in [5, 5.41) is 0. The van der Waals surface area contributed by atoms with E-state index in [4.69, 9.17) is 0 Å². The van der Waals surface area contributed by atoms with Gasteiger partial charge in [-0.1, -0.05) is 18.8 Å². The van der Waals surface area contributed by atoms with Gasteiger partial charge >= 0.3 is 0 Å². The van der Waals surface area contributed by atoms with Crippen LogP contribution >= 0.6 is 18.8 Å². The first-order valence-corrected chi connectivity index (χ1v) is 2.96. The van der Waals surface area contributed by atoms with Crippen molar-refractivity contribution in [1.82, 2.24) is 4.44 Å². The van der Waals surface area contributed by atoms with E-state index in [1.54, 1.807) is 0 Å². The fourth-order valence-corrected chi connectivity index (χ4v) is 0. The topological polar surface area (TPSA) is 3.24 Å². The van der Waals surface area contributed by atoms with Crippen LogP contribution in [0.5, 0.6) is 0 Å². The standard InChI is InChI=1S/C3H11NP2/c1-3(2)4(5)6/h3H,5-6H2,1-2H3. The number of nitrogens with zero attached hydrogens (tertiary/aromatic N) is 1. The second-order valence-corrected chi connectivity index (χ2v) is 3.33. The molecule has 2 atom stereocenters. The molecule has 38 valence electrons. The van der Waals surface area contributed by atoms with Crippen molar-refractivity contribution < 1.29 is 0 Å². The fourth-order valence-electron chi connectivity index (χ4n) is 0. The average Bonchev–Trinajstić information content (AvgIpc) is 1.36. The van der Waals surface area contributed by atoms with Gasteiger partial charge in [0.05, 0.1) is 0 Å². The molecule has 0 radical (unpaired) electrons. The highest BCUT2D eigenvalue weighted by molar-refractivity contribution is 7.30. The van der Waals surface area contributed by atoms with E-state index in [1.807, 2.05) is 4.44 Å². The summed E-state index contributed by atoms with van der Waals surface area (Å²) in [5.41, 5.74) is 0. The van der Waals surface area contributed by atoms with E-state index in [2.05, 4.69) is 32.6 Å². The molecule has 0 fully saturated rings. The Labute approximate surface area is 44.0 Å². The molecule has 3 heteroatoms. The van der Waals surface area contributed by atoms with Crippen molar-refractivity contribution in [3.8, 4) is 0 Å². The second kappa shape index (κ2) is 2.91. The van der Waals surface area contributed by atoms with Crippen molar-refractivity contribution in [2.75, 3.05) is 0 Å². The summed E-state index contributed by atoms with van der Waals surface area (Å²) in [7, 11) is 5.14. The Hall–Kier alpha value is 0.820. The first-order chi connectivity index (χ1) is 2.64. The van der Waals surface area contributed by atoms with Crippen LogP contribution in [0.4, 0.5) is 0 Å². The maximum atomic E-state index is 2.57. The van der Waals surface area contributed by atoms with Crippen molar-refractivity contribution >= 4 is 18.8 Å². The van der Waals surface area contributed by atoms with Gasteiger partial charge in [0.1, 0.15) is 0 Å². The molecule has 0 rings (SSSR count). The molecule has 0 aromatic rings. The van der Waals surface area contributed by atoms with Gasteiger partial charge in [0.2, 0.25) is 0 Å². The Balaban J connectivity index is 2.99. The molecule has 1 nitrogen and oxygen atoms in total. The predicted molar refractivity (Wildman–Crippen MR) is 36.4 cm³/mol. The molecule has 6 heavy (non-hydrogen) atoms. The van der Waals surface area contributed by atoms with Crippen LogP contribution in [0.25, 0.3) is 0 Å². The van der Waals surface area contributed by atoms with Gasteiger partial charge in [-0.25, -0.2) is 0 Å². The third-order valence-electron chi connectivity index (χ3n) is 0.596. The normalized spacial score (nSPS) is 11.0. The number of hydrogen-bond acceptors (Lipinski definition) is 1. The molecule has 0 heterocycles. The Morgan fingerprint density at radius 2 is 1.50 bits per heavy atom. The van der Waals surface area contributed by atoms with Crippen LogP contribution in [0.3, 0.4) is 0 Å². The lowest BCUT2D eigenvalue weighted by Crippen LogP contribution is -2.06. The zero-order chi connectivity index (χ0) is 5.15. The van der Waals surface area contributed by atoms with Crippen LogP contribution in [0.2, 0.25) is 0 Å². The lowest BCUT2D eigenvalue weighted by atomic mass is 10.4. The van der Waals surface area contributed by atoms with E-state index in [-0.39, 0.29) is 0 Å². The van der Waals surface area contributed by atoms with Crippen LogP contribution in [0, 0.1) is 0 Å². The molecule has 0 saturated heterocycles. The molecule has 0 aromatic heterocycles. The van der Waals surface area contributed by atoms with Crippen molar-refractivity contribution in [3.05, 3.63) is 0 Å². The molecule has 0 aliphatic carbocycles. The molecule has 0 aliphatic heterocycles. The Morgan fingerprint density at radius 3 is 1.50 bits per heavy atom. The SMILES string of the molecule is CC(C)N(P)P. The zero-order valence-electron chi connectivity index (χ0n) is 4.18. The summed E-state index contributed by atoms with van der Waals surface area (Å²) in [6, 6.07) is 0.611. The summed E-state index contributed by atoms with van der Waals surface area (Å²) in [6.45, 7) is 4.25. The summed E-state index contributed by atoms with van der Waals surface area (Å²) in [6.07, 6.45) is 0. The average molecular weight is 123 g/mol.